The van der Waals surface area contributed by atoms with Crippen LogP contribution in [0.5, 0.6) is 5.75 Å². The van der Waals surface area contributed by atoms with E-state index in [-0.39, 0.29) is 0 Å². The molecule has 27 heavy (non-hydrogen) atoms. The Labute approximate surface area is 162 Å². The Morgan fingerprint density at radius 3 is 2.56 bits per heavy atom. The van der Waals surface area contributed by atoms with Gasteiger partial charge in [-0.1, -0.05) is 18.2 Å². The van der Waals surface area contributed by atoms with Gasteiger partial charge in [0.2, 0.25) is 0 Å². The van der Waals surface area contributed by atoms with E-state index in [4.69, 9.17) is 4.74 Å². The molecule has 0 saturated heterocycles. The molecule has 2 atom stereocenters. The quantitative estimate of drug-likeness (QED) is 0.851. The maximum absolute atomic E-state index is 14.6. The number of thioether (sulfide) groups is 1. The van der Waals surface area contributed by atoms with E-state index < -0.39 is 23.1 Å². The van der Waals surface area contributed by atoms with Gasteiger partial charge in [0.1, 0.15) is 17.7 Å². The van der Waals surface area contributed by atoms with Crippen LogP contribution in [0, 0.1) is 5.82 Å². The first-order valence-electron chi connectivity index (χ1n) is 8.65. The number of rotatable bonds is 5. The van der Waals surface area contributed by atoms with E-state index >= 15 is 0 Å². The van der Waals surface area contributed by atoms with Gasteiger partial charge in [-0.15, -0.1) is 11.8 Å². The molecule has 3 rings (SSSR count). The number of nitrogens with zero attached hydrogens (tertiary/aromatic N) is 2. The van der Waals surface area contributed by atoms with Crippen molar-refractivity contribution in [1.29, 1.82) is 0 Å². The second-order valence-corrected chi connectivity index (χ2v) is 7.79. The van der Waals surface area contributed by atoms with Gasteiger partial charge in [-0.05, 0) is 43.9 Å². The van der Waals surface area contributed by atoms with Gasteiger partial charge in [-0.25, -0.2) is 4.39 Å². The summed E-state index contributed by atoms with van der Waals surface area (Å²) in [6.07, 6.45) is -1.28. The van der Waals surface area contributed by atoms with Gasteiger partial charge < -0.3 is 19.6 Å². The van der Waals surface area contributed by atoms with Crippen molar-refractivity contribution in [2.75, 3.05) is 39.2 Å². The summed E-state index contributed by atoms with van der Waals surface area (Å²) in [5, 5.41) is 10.2. The summed E-state index contributed by atoms with van der Waals surface area (Å²) in [7, 11) is 5.38. The number of ether oxygens (including phenoxy) is 1. The van der Waals surface area contributed by atoms with Gasteiger partial charge >= 0.3 is 0 Å². The number of amides is 1. The molecule has 1 aliphatic rings. The number of methoxy groups -OCH3 is 1. The molecule has 144 valence electrons. The van der Waals surface area contributed by atoms with Gasteiger partial charge in [0.15, 0.2) is 0 Å². The number of fused-ring (bicyclic) bond motifs is 1. The maximum atomic E-state index is 14.6. The minimum absolute atomic E-state index is 0.370. The first-order valence-corrected chi connectivity index (χ1v) is 9.53. The molecule has 0 unspecified atom stereocenters. The van der Waals surface area contributed by atoms with Crippen LogP contribution in [0.3, 0.4) is 0 Å². The van der Waals surface area contributed by atoms with E-state index in [2.05, 4.69) is 0 Å². The monoisotopic (exact) mass is 390 g/mol. The number of hydrogen-bond acceptors (Lipinski definition) is 5. The molecule has 2 aromatic rings. The predicted octanol–water partition coefficient (Wildman–Crippen LogP) is 2.94. The topological polar surface area (TPSA) is 53.0 Å². The van der Waals surface area contributed by atoms with Crippen LogP contribution in [-0.4, -0.2) is 56.3 Å². The van der Waals surface area contributed by atoms with Crippen molar-refractivity contribution in [3.8, 4) is 5.75 Å². The van der Waals surface area contributed by atoms with Crippen LogP contribution in [0.2, 0.25) is 0 Å². The fraction of sp³-hybridized carbons (Fsp3) is 0.350. The first-order chi connectivity index (χ1) is 12.9. The van der Waals surface area contributed by atoms with E-state index in [9.17, 15) is 14.3 Å². The van der Waals surface area contributed by atoms with E-state index in [0.717, 1.165) is 5.56 Å². The lowest BCUT2D eigenvalue weighted by atomic mass is 10.1. The van der Waals surface area contributed by atoms with Crippen molar-refractivity contribution in [3.63, 3.8) is 0 Å². The van der Waals surface area contributed by atoms with Crippen molar-refractivity contribution >= 4 is 23.4 Å². The zero-order valence-corrected chi connectivity index (χ0v) is 16.4. The molecular formula is C20H23FN2O3S. The number of hydrogen-bond donors (Lipinski definition) is 1. The highest BCUT2D eigenvalue weighted by Gasteiger charge is 2.38. The van der Waals surface area contributed by atoms with Gasteiger partial charge in [-0.2, -0.15) is 0 Å². The number of likely N-dealkylation sites (N-methyl/N-ethyl adjacent to an activating group) is 1. The molecular weight excluding hydrogens is 367 g/mol. The average molecular weight is 390 g/mol. The second kappa shape index (κ2) is 8.29. The molecule has 0 spiro atoms. The molecule has 1 aliphatic heterocycles. The highest BCUT2D eigenvalue weighted by atomic mass is 32.2. The zero-order chi connectivity index (χ0) is 19.6. The number of benzene rings is 2. The van der Waals surface area contributed by atoms with Crippen molar-refractivity contribution in [3.05, 3.63) is 53.8 Å². The van der Waals surface area contributed by atoms with E-state index in [0.29, 0.717) is 29.4 Å². The molecule has 1 amide bonds. The van der Waals surface area contributed by atoms with E-state index in [1.807, 2.05) is 19.0 Å². The van der Waals surface area contributed by atoms with Crippen molar-refractivity contribution in [1.82, 2.24) is 4.90 Å². The van der Waals surface area contributed by atoms with Crippen LogP contribution in [0.4, 0.5) is 10.1 Å². The zero-order valence-electron chi connectivity index (χ0n) is 15.6. The van der Waals surface area contributed by atoms with Crippen LogP contribution < -0.4 is 9.64 Å². The first kappa shape index (κ1) is 19.7. The number of carbonyl (C=O) groups excluding carboxylic acids is 1. The van der Waals surface area contributed by atoms with Gasteiger partial charge in [0, 0.05) is 13.1 Å². The molecule has 7 heteroatoms. The van der Waals surface area contributed by atoms with E-state index in [1.54, 1.807) is 43.5 Å². The third-order valence-corrected chi connectivity index (χ3v) is 5.93. The number of aliphatic hydroxyl groups is 1. The standard InChI is InChI=1S/C20H23FN2O3S/c1-22(2)11-12-23-16-6-4-5-15(21)19(16)27-18(17(24)20(23)25)13-7-9-14(26-3)10-8-13/h4-10,17-18,24H,11-12H2,1-3H3/t17-,18+/m0/s1. The normalized spacial score (nSPS) is 19.8. The molecule has 1 heterocycles. The van der Waals surface area contributed by atoms with Crippen molar-refractivity contribution in [2.24, 2.45) is 0 Å². The van der Waals surface area contributed by atoms with Crippen molar-refractivity contribution < 1.29 is 19.0 Å². The Hall–Kier alpha value is -2.09. The SMILES string of the molecule is COc1ccc([C@H]2Sc3c(F)cccc3N(CCN(C)C)C(=O)[C@H]2O)cc1. The van der Waals surface area contributed by atoms with Crippen LogP contribution in [-0.2, 0) is 4.79 Å². The lowest BCUT2D eigenvalue weighted by Gasteiger charge is -2.26. The third-order valence-electron chi connectivity index (χ3n) is 4.50. The molecule has 5 nitrogen and oxygen atoms in total. The van der Waals surface area contributed by atoms with Crippen molar-refractivity contribution in [2.45, 2.75) is 16.2 Å². The summed E-state index contributed by atoms with van der Waals surface area (Å²) in [6.45, 7) is 0.974. The Balaban J connectivity index is 2.02. The minimum Gasteiger partial charge on any atom is -0.497 e. The molecule has 0 saturated carbocycles. The minimum atomic E-state index is -1.28. The summed E-state index contributed by atoms with van der Waals surface area (Å²) in [5.41, 5.74) is 1.24. The lowest BCUT2D eigenvalue weighted by Crippen LogP contribution is -2.43. The fourth-order valence-corrected chi connectivity index (χ4v) is 4.27. The maximum Gasteiger partial charge on any atom is 0.257 e. The Morgan fingerprint density at radius 1 is 1.22 bits per heavy atom. The molecule has 1 N–H and O–H groups in total. The largest absolute Gasteiger partial charge is 0.497 e. The molecule has 0 bridgehead atoms. The highest BCUT2D eigenvalue weighted by Crippen LogP contribution is 2.46. The second-order valence-electron chi connectivity index (χ2n) is 6.64. The Kier molecular flexibility index (Phi) is 6.04. The van der Waals surface area contributed by atoms with Gasteiger partial charge in [0.05, 0.1) is 22.9 Å². The number of aliphatic hydroxyl groups excluding tert-OH is 1. The number of halogens is 1. The van der Waals surface area contributed by atoms with Gasteiger partial charge in [-0.3, -0.25) is 4.79 Å². The number of carbonyl (C=O) groups is 1. The average Bonchev–Trinajstić information content (AvgIpc) is 2.76. The Bertz CT molecular complexity index is 813. The fourth-order valence-electron chi connectivity index (χ4n) is 3.00. The van der Waals surface area contributed by atoms with Gasteiger partial charge in [0.25, 0.3) is 5.91 Å². The predicted molar refractivity (Wildman–Crippen MR) is 105 cm³/mol. The summed E-state index contributed by atoms with van der Waals surface area (Å²) in [5.74, 6) is -0.139. The third kappa shape index (κ3) is 4.10. The summed E-state index contributed by atoms with van der Waals surface area (Å²) >= 11 is 1.18. The van der Waals surface area contributed by atoms with Crippen LogP contribution in [0.1, 0.15) is 10.8 Å². The van der Waals surface area contributed by atoms with Crippen LogP contribution >= 0.6 is 11.8 Å². The summed E-state index contributed by atoms with van der Waals surface area (Å²) < 4.78 is 19.8. The molecule has 0 aromatic heterocycles. The Morgan fingerprint density at radius 2 is 1.93 bits per heavy atom. The lowest BCUT2D eigenvalue weighted by molar-refractivity contribution is -0.126. The number of anilines is 1. The molecule has 0 aliphatic carbocycles. The summed E-state index contributed by atoms with van der Waals surface area (Å²) in [4.78, 5) is 16.8. The molecule has 0 radical (unpaired) electrons. The van der Waals surface area contributed by atoms with Crippen LogP contribution in [0.15, 0.2) is 47.4 Å². The molecule has 2 aromatic carbocycles. The molecule has 0 fully saturated rings. The highest BCUT2D eigenvalue weighted by molar-refractivity contribution is 7.99. The summed E-state index contributed by atoms with van der Waals surface area (Å²) in [6, 6.07) is 11.8. The van der Waals surface area contributed by atoms with E-state index in [1.165, 1.54) is 22.7 Å². The van der Waals surface area contributed by atoms with Crippen LogP contribution in [0.25, 0.3) is 0 Å². The smallest absolute Gasteiger partial charge is 0.257 e.